The number of rotatable bonds is 3. The number of methoxy groups -OCH3 is 1. The predicted octanol–water partition coefficient (Wildman–Crippen LogP) is 1.87. The van der Waals surface area contributed by atoms with Crippen LogP contribution in [0.4, 0.5) is 0 Å². The number of aryl methyl sites for hydroxylation is 2. The molecule has 1 aliphatic rings. The molecular formula is C13H17NO3S. The second-order valence-corrected chi connectivity index (χ2v) is 5.64. The van der Waals surface area contributed by atoms with Crippen LogP contribution in [0, 0.1) is 0 Å². The van der Waals surface area contributed by atoms with E-state index in [1.807, 2.05) is 6.07 Å². The minimum Gasteiger partial charge on any atom is -0.468 e. The van der Waals surface area contributed by atoms with E-state index in [0.29, 0.717) is 0 Å². The van der Waals surface area contributed by atoms with Crippen molar-refractivity contribution in [2.45, 2.75) is 25.7 Å². The number of likely N-dealkylation sites (N-methyl/N-ethyl adjacent to an activating group) is 1. The molecule has 0 unspecified atom stereocenters. The molecule has 1 aromatic heterocycles. The van der Waals surface area contributed by atoms with E-state index in [1.165, 1.54) is 35.3 Å². The lowest BCUT2D eigenvalue weighted by molar-refractivity contribution is -0.141. The zero-order chi connectivity index (χ0) is 13.1. The van der Waals surface area contributed by atoms with Gasteiger partial charge in [-0.2, -0.15) is 0 Å². The van der Waals surface area contributed by atoms with E-state index in [9.17, 15) is 9.59 Å². The molecule has 5 heteroatoms. The molecule has 0 saturated carbocycles. The van der Waals surface area contributed by atoms with Crippen LogP contribution in [0.1, 0.15) is 33.0 Å². The van der Waals surface area contributed by atoms with E-state index < -0.39 is 5.97 Å². The summed E-state index contributed by atoms with van der Waals surface area (Å²) < 4.78 is 4.56. The molecule has 0 aliphatic heterocycles. The van der Waals surface area contributed by atoms with Gasteiger partial charge in [0.05, 0.1) is 12.0 Å². The van der Waals surface area contributed by atoms with Gasteiger partial charge in [0.1, 0.15) is 6.54 Å². The Hall–Kier alpha value is -1.36. The second-order valence-electron chi connectivity index (χ2n) is 4.50. The standard InChI is InChI=1S/C13H17NO3S/c1-14(8-12(15)17-2)13(16)11-7-9-5-3-4-6-10(9)18-11/h7H,3-6,8H2,1-2H3. The van der Waals surface area contributed by atoms with Gasteiger partial charge in [0, 0.05) is 11.9 Å². The summed E-state index contributed by atoms with van der Waals surface area (Å²) in [5, 5.41) is 0. The quantitative estimate of drug-likeness (QED) is 0.785. The van der Waals surface area contributed by atoms with E-state index in [4.69, 9.17) is 0 Å². The summed E-state index contributed by atoms with van der Waals surface area (Å²) in [6.07, 6.45) is 4.56. The van der Waals surface area contributed by atoms with Gasteiger partial charge in [-0.15, -0.1) is 11.3 Å². The molecule has 4 nitrogen and oxygen atoms in total. The fraction of sp³-hybridized carbons (Fsp3) is 0.538. The molecule has 1 aromatic rings. The van der Waals surface area contributed by atoms with E-state index in [2.05, 4.69) is 4.74 Å². The number of carbonyl (C=O) groups excluding carboxylic acids is 2. The first-order chi connectivity index (χ1) is 8.61. The number of carbonyl (C=O) groups is 2. The van der Waals surface area contributed by atoms with Crippen LogP contribution in [-0.4, -0.2) is 37.5 Å². The van der Waals surface area contributed by atoms with Crippen molar-refractivity contribution in [2.24, 2.45) is 0 Å². The molecule has 0 aromatic carbocycles. The number of nitrogens with zero attached hydrogens (tertiary/aromatic N) is 1. The van der Waals surface area contributed by atoms with Crippen LogP contribution >= 0.6 is 11.3 Å². The van der Waals surface area contributed by atoms with E-state index >= 15 is 0 Å². The maximum atomic E-state index is 12.1. The van der Waals surface area contributed by atoms with Gasteiger partial charge in [-0.1, -0.05) is 0 Å². The number of ether oxygens (including phenoxy) is 1. The van der Waals surface area contributed by atoms with Crippen LogP contribution in [-0.2, 0) is 22.4 Å². The summed E-state index contributed by atoms with van der Waals surface area (Å²) in [6, 6.07) is 1.98. The Morgan fingerprint density at radius 2 is 2.11 bits per heavy atom. The maximum absolute atomic E-state index is 12.1. The Morgan fingerprint density at radius 1 is 1.39 bits per heavy atom. The average Bonchev–Trinajstić information content (AvgIpc) is 2.81. The molecule has 98 valence electrons. The van der Waals surface area contributed by atoms with Crippen molar-refractivity contribution in [1.29, 1.82) is 0 Å². The summed E-state index contributed by atoms with van der Waals surface area (Å²) in [7, 11) is 2.95. The minimum absolute atomic E-state index is 0.00208. The molecule has 0 fully saturated rings. The highest BCUT2D eigenvalue weighted by Crippen LogP contribution is 2.30. The number of hydrogen-bond donors (Lipinski definition) is 0. The molecule has 0 N–H and O–H groups in total. The molecule has 0 atom stereocenters. The molecule has 2 rings (SSSR count). The van der Waals surface area contributed by atoms with Crippen LogP contribution in [0.15, 0.2) is 6.07 Å². The normalized spacial score (nSPS) is 13.9. The Kier molecular flexibility index (Phi) is 4.01. The summed E-state index contributed by atoms with van der Waals surface area (Å²) >= 11 is 1.56. The van der Waals surface area contributed by atoms with Crippen molar-refractivity contribution in [3.8, 4) is 0 Å². The first-order valence-electron chi connectivity index (χ1n) is 6.05. The Balaban J connectivity index is 2.08. The first-order valence-corrected chi connectivity index (χ1v) is 6.87. The van der Waals surface area contributed by atoms with Gasteiger partial charge in [-0.25, -0.2) is 0 Å². The average molecular weight is 267 g/mol. The van der Waals surface area contributed by atoms with Crippen LogP contribution in [0.25, 0.3) is 0 Å². The third-order valence-electron chi connectivity index (χ3n) is 3.15. The molecule has 0 bridgehead atoms. The lowest BCUT2D eigenvalue weighted by atomic mass is 9.99. The fourth-order valence-corrected chi connectivity index (χ4v) is 3.36. The Bertz CT molecular complexity index is 443. The van der Waals surface area contributed by atoms with Crippen molar-refractivity contribution < 1.29 is 14.3 Å². The highest BCUT2D eigenvalue weighted by molar-refractivity contribution is 7.14. The van der Waals surface area contributed by atoms with E-state index in [1.54, 1.807) is 18.4 Å². The van der Waals surface area contributed by atoms with Gasteiger partial charge in [0.2, 0.25) is 0 Å². The van der Waals surface area contributed by atoms with Gasteiger partial charge < -0.3 is 9.64 Å². The molecule has 0 spiro atoms. The molecule has 18 heavy (non-hydrogen) atoms. The van der Waals surface area contributed by atoms with E-state index in [-0.39, 0.29) is 12.5 Å². The van der Waals surface area contributed by atoms with Gasteiger partial charge in [-0.05, 0) is 37.3 Å². The summed E-state index contributed by atoms with van der Waals surface area (Å²) in [5.41, 5.74) is 1.31. The topological polar surface area (TPSA) is 46.6 Å². The zero-order valence-electron chi connectivity index (χ0n) is 10.7. The van der Waals surface area contributed by atoms with Gasteiger partial charge in [0.15, 0.2) is 0 Å². The largest absolute Gasteiger partial charge is 0.468 e. The highest BCUT2D eigenvalue weighted by atomic mass is 32.1. The molecule has 0 saturated heterocycles. The van der Waals surface area contributed by atoms with Crippen LogP contribution in [0.2, 0.25) is 0 Å². The highest BCUT2D eigenvalue weighted by Gasteiger charge is 2.20. The molecule has 0 radical (unpaired) electrons. The predicted molar refractivity (Wildman–Crippen MR) is 69.9 cm³/mol. The van der Waals surface area contributed by atoms with Gasteiger partial charge in [0.25, 0.3) is 5.91 Å². The Labute approximate surface area is 111 Å². The van der Waals surface area contributed by atoms with Gasteiger partial charge in [-0.3, -0.25) is 9.59 Å². The molecule has 1 aliphatic carbocycles. The van der Waals surface area contributed by atoms with Crippen molar-refractivity contribution >= 4 is 23.2 Å². The number of fused-ring (bicyclic) bond motifs is 1. The number of thiophene rings is 1. The van der Waals surface area contributed by atoms with Crippen LogP contribution < -0.4 is 0 Å². The number of amides is 1. The summed E-state index contributed by atoms with van der Waals surface area (Å²) in [5.74, 6) is -0.494. The monoisotopic (exact) mass is 267 g/mol. The molecule has 1 heterocycles. The Morgan fingerprint density at radius 3 is 2.78 bits per heavy atom. The van der Waals surface area contributed by atoms with Crippen LogP contribution in [0.3, 0.4) is 0 Å². The molecular weight excluding hydrogens is 250 g/mol. The SMILES string of the molecule is COC(=O)CN(C)C(=O)c1cc2c(s1)CCCC2. The van der Waals surface area contributed by atoms with Crippen molar-refractivity contribution in [2.75, 3.05) is 20.7 Å². The molecule has 1 amide bonds. The first kappa shape index (κ1) is 13.1. The smallest absolute Gasteiger partial charge is 0.325 e. The summed E-state index contributed by atoms with van der Waals surface area (Å²) in [6.45, 7) is -0.00208. The minimum atomic E-state index is -0.396. The van der Waals surface area contributed by atoms with Crippen LogP contribution in [0.5, 0.6) is 0 Å². The fourth-order valence-electron chi connectivity index (χ4n) is 2.11. The van der Waals surface area contributed by atoms with E-state index in [0.717, 1.165) is 17.7 Å². The van der Waals surface area contributed by atoms with Crippen molar-refractivity contribution in [3.63, 3.8) is 0 Å². The maximum Gasteiger partial charge on any atom is 0.325 e. The van der Waals surface area contributed by atoms with Crippen molar-refractivity contribution in [3.05, 3.63) is 21.4 Å². The van der Waals surface area contributed by atoms with Gasteiger partial charge >= 0.3 is 5.97 Å². The third-order valence-corrected chi connectivity index (χ3v) is 4.37. The zero-order valence-corrected chi connectivity index (χ0v) is 11.5. The lowest BCUT2D eigenvalue weighted by Crippen LogP contribution is -2.32. The lowest BCUT2D eigenvalue weighted by Gasteiger charge is -2.14. The third kappa shape index (κ3) is 2.72. The number of hydrogen-bond acceptors (Lipinski definition) is 4. The number of esters is 1. The van der Waals surface area contributed by atoms with Crippen molar-refractivity contribution in [1.82, 2.24) is 4.90 Å². The second kappa shape index (κ2) is 5.52. The summed E-state index contributed by atoms with van der Waals surface area (Å²) in [4.78, 5) is 26.7.